The molecule has 122 valence electrons. The van der Waals surface area contributed by atoms with Crippen molar-refractivity contribution in [2.45, 2.75) is 19.3 Å². The van der Waals surface area contributed by atoms with E-state index in [-0.39, 0.29) is 13.0 Å². The molecule has 0 amide bonds. The maximum Gasteiger partial charge on any atom is 0.336 e. The molecule has 1 atom stereocenters. The predicted molar refractivity (Wildman–Crippen MR) is 90.2 cm³/mol. The molecule has 0 bridgehead atoms. The topological polar surface area (TPSA) is 98.8 Å². The number of ether oxygens (including phenoxy) is 1. The Morgan fingerprint density at radius 3 is 2.88 bits per heavy atom. The molecule has 0 saturated carbocycles. The lowest BCUT2D eigenvalue weighted by molar-refractivity contribution is -0.139. The molecule has 24 heavy (non-hydrogen) atoms. The molecule has 0 aromatic carbocycles. The highest BCUT2D eigenvalue weighted by Crippen LogP contribution is 2.40. The Morgan fingerprint density at radius 2 is 2.29 bits per heavy atom. The van der Waals surface area contributed by atoms with Crippen molar-refractivity contribution in [2.75, 3.05) is 12.9 Å². The number of carbonyl (C=O) groups is 1. The number of carbonyl (C=O) groups excluding carboxylic acids is 1. The molecule has 0 fully saturated rings. The number of hydrogen-bond donors (Lipinski definition) is 1. The Kier molecular flexibility index (Phi) is 6.00. The van der Waals surface area contributed by atoms with Crippen LogP contribution in [0.5, 0.6) is 0 Å². The number of nitrogens with one attached hydrogen (secondary N) is 1. The second kappa shape index (κ2) is 8.19. The largest absolute Gasteiger partial charge is 0.461 e. The zero-order valence-electron chi connectivity index (χ0n) is 13.4. The molecule has 2 heterocycles. The lowest BCUT2D eigenvalue weighted by atomic mass is 9.83. The summed E-state index contributed by atoms with van der Waals surface area (Å²) >= 11 is 1.41. The lowest BCUT2D eigenvalue weighted by Gasteiger charge is -2.28. The molecule has 2 rings (SSSR count). The predicted octanol–water partition coefficient (Wildman–Crippen LogP) is 2.60. The summed E-state index contributed by atoms with van der Waals surface area (Å²) in [7, 11) is 0. The summed E-state index contributed by atoms with van der Waals surface area (Å²) in [5.74, 6) is -1.07. The third-order valence-corrected chi connectivity index (χ3v) is 4.27. The number of thioether (sulfide) groups is 1. The molecule has 7 heteroatoms. The monoisotopic (exact) mass is 340 g/mol. The smallest absolute Gasteiger partial charge is 0.336 e. The van der Waals surface area contributed by atoms with E-state index in [4.69, 9.17) is 10.00 Å². The summed E-state index contributed by atoms with van der Waals surface area (Å²) in [6.07, 6.45) is 5.27. The van der Waals surface area contributed by atoms with Crippen LogP contribution in [0.1, 0.15) is 24.8 Å². The van der Waals surface area contributed by atoms with E-state index in [1.54, 1.807) is 25.4 Å². The number of esters is 1. The second-order valence-electron chi connectivity index (χ2n) is 4.99. The van der Waals surface area contributed by atoms with E-state index >= 15 is 0 Å². The van der Waals surface area contributed by atoms with Gasteiger partial charge >= 0.3 is 5.97 Å². The number of rotatable bonds is 5. The average molecular weight is 340 g/mol. The second-order valence-corrected chi connectivity index (χ2v) is 5.80. The molecule has 1 aromatic heterocycles. The molecule has 0 spiro atoms. The van der Waals surface area contributed by atoms with Crippen molar-refractivity contribution in [2.24, 2.45) is 0 Å². The fraction of sp³-hybridized carbons (Fsp3) is 0.294. The third-order valence-electron chi connectivity index (χ3n) is 3.54. The number of pyridine rings is 1. The van der Waals surface area contributed by atoms with Gasteiger partial charge in [0.05, 0.1) is 40.7 Å². The molecule has 1 aliphatic rings. The molecule has 6 nitrogen and oxygen atoms in total. The quantitative estimate of drug-likeness (QED) is 0.649. The SMILES string of the molecule is CSC1=C(C#N)[C@H](c2cccnc2)C(C(=O)OCCC#N)=C(C)N1. The van der Waals surface area contributed by atoms with Crippen LogP contribution in [0, 0.1) is 22.7 Å². The molecular weight excluding hydrogens is 324 g/mol. The summed E-state index contributed by atoms with van der Waals surface area (Å²) in [5, 5.41) is 22.0. The molecule has 1 aliphatic heterocycles. The summed E-state index contributed by atoms with van der Waals surface area (Å²) in [6, 6.07) is 7.72. The Labute approximate surface area is 144 Å². The average Bonchev–Trinajstić information content (AvgIpc) is 2.61. The fourth-order valence-corrected chi connectivity index (χ4v) is 3.13. The van der Waals surface area contributed by atoms with E-state index in [9.17, 15) is 10.1 Å². The summed E-state index contributed by atoms with van der Waals surface area (Å²) in [4.78, 5) is 16.6. The van der Waals surface area contributed by atoms with Crippen LogP contribution in [0.25, 0.3) is 0 Å². The van der Waals surface area contributed by atoms with Gasteiger partial charge < -0.3 is 10.1 Å². The lowest BCUT2D eigenvalue weighted by Crippen LogP contribution is -2.28. The minimum absolute atomic E-state index is 0.0207. The van der Waals surface area contributed by atoms with Gasteiger partial charge in [0.25, 0.3) is 0 Å². The molecule has 0 unspecified atom stereocenters. The standard InChI is InChI=1S/C17H16N4O2S/c1-11-14(17(22)23-8-4-6-18)15(12-5-3-7-20-10-12)13(9-19)16(21-11)24-2/h3,5,7,10,15,21H,4,8H2,1-2H3/t15-/m0/s1. The highest BCUT2D eigenvalue weighted by Gasteiger charge is 2.35. The van der Waals surface area contributed by atoms with Gasteiger partial charge in [0, 0.05) is 18.1 Å². The van der Waals surface area contributed by atoms with Crippen molar-refractivity contribution in [1.82, 2.24) is 10.3 Å². The first-order valence-electron chi connectivity index (χ1n) is 7.24. The van der Waals surface area contributed by atoms with Crippen LogP contribution in [0.3, 0.4) is 0 Å². The molecule has 0 saturated heterocycles. The van der Waals surface area contributed by atoms with Crippen molar-refractivity contribution in [3.8, 4) is 12.1 Å². The first-order valence-corrected chi connectivity index (χ1v) is 8.46. The van der Waals surface area contributed by atoms with E-state index in [0.29, 0.717) is 21.9 Å². The minimum atomic E-state index is -0.540. The minimum Gasteiger partial charge on any atom is -0.461 e. The van der Waals surface area contributed by atoms with Crippen molar-refractivity contribution in [1.29, 1.82) is 10.5 Å². The number of aromatic nitrogens is 1. The summed E-state index contributed by atoms with van der Waals surface area (Å²) < 4.78 is 5.19. The third kappa shape index (κ3) is 3.58. The Morgan fingerprint density at radius 1 is 1.50 bits per heavy atom. The van der Waals surface area contributed by atoms with E-state index in [2.05, 4.69) is 16.4 Å². The van der Waals surface area contributed by atoms with Crippen molar-refractivity contribution in [3.63, 3.8) is 0 Å². The normalized spacial score (nSPS) is 16.9. The highest BCUT2D eigenvalue weighted by atomic mass is 32.2. The maximum atomic E-state index is 12.5. The first kappa shape index (κ1) is 17.6. The van der Waals surface area contributed by atoms with Crippen LogP contribution in [-0.2, 0) is 9.53 Å². The number of hydrogen-bond acceptors (Lipinski definition) is 7. The zero-order chi connectivity index (χ0) is 17.5. The van der Waals surface area contributed by atoms with Gasteiger partial charge in [-0.15, -0.1) is 11.8 Å². The van der Waals surface area contributed by atoms with Gasteiger partial charge in [0.1, 0.15) is 6.61 Å². The number of allylic oxidation sites excluding steroid dienone is 2. The van der Waals surface area contributed by atoms with E-state index < -0.39 is 11.9 Å². The van der Waals surface area contributed by atoms with Crippen molar-refractivity contribution >= 4 is 17.7 Å². The number of nitrogens with zero attached hydrogens (tertiary/aromatic N) is 3. The van der Waals surface area contributed by atoms with Crippen LogP contribution in [0.15, 0.2) is 46.4 Å². The van der Waals surface area contributed by atoms with Crippen LogP contribution in [-0.4, -0.2) is 23.8 Å². The van der Waals surface area contributed by atoms with E-state index in [1.807, 2.05) is 18.4 Å². The number of dihydropyridines is 1. The van der Waals surface area contributed by atoms with Crippen LogP contribution < -0.4 is 5.32 Å². The Hall–Kier alpha value is -2.77. The molecule has 1 N–H and O–H groups in total. The van der Waals surface area contributed by atoms with Crippen molar-refractivity contribution < 1.29 is 9.53 Å². The summed E-state index contributed by atoms with van der Waals surface area (Å²) in [6.45, 7) is 1.79. The fourth-order valence-electron chi connectivity index (χ4n) is 2.49. The van der Waals surface area contributed by atoms with Gasteiger partial charge in [-0.25, -0.2) is 4.79 Å². The molecule has 0 aliphatic carbocycles. The van der Waals surface area contributed by atoms with Crippen molar-refractivity contribution in [3.05, 3.63) is 52.0 Å². The zero-order valence-corrected chi connectivity index (χ0v) is 14.2. The summed E-state index contributed by atoms with van der Waals surface area (Å²) in [5.41, 5.74) is 2.20. The van der Waals surface area contributed by atoms with Crippen LogP contribution in [0.2, 0.25) is 0 Å². The Bertz CT molecular complexity index is 772. The van der Waals surface area contributed by atoms with Gasteiger partial charge in [-0.1, -0.05) is 6.07 Å². The Balaban J connectivity index is 2.49. The van der Waals surface area contributed by atoms with Crippen LogP contribution in [0.4, 0.5) is 0 Å². The first-order chi connectivity index (χ1) is 11.6. The van der Waals surface area contributed by atoms with Crippen LogP contribution >= 0.6 is 11.8 Å². The van der Waals surface area contributed by atoms with Gasteiger partial charge in [-0.3, -0.25) is 4.98 Å². The molecule has 1 aromatic rings. The number of nitriles is 2. The van der Waals surface area contributed by atoms with E-state index in [1.165, 1.54) is 11.8 Å². The molecular formula is C17H16N4O2S. The molecule has 0 radical (unpaired) electrons. The van der Waals surface area contributed by atoms with Gasteiger partial charge in [0.2, 0.25) is 0 Å². The van der Waals surface area contributed by atoms with Gasteiger partial charge in [-0.2, -0.15) is 10.5 Å². The maximum absolute atomic E-state index is 12.5. The van der Waals surface area contributed by atoms with Gasteiger partial charge in [-0.05, 0) is 24.8 Å². The van der Waals surface area contributed by atoms with E-state index in [0.717, 1.165) is 5.56 Å². The van der Waals surface area contributed by atoms with Gasteiger partial charge in [0.15, 0.2) is 0 Å². The highest BCUT2D eigenvalue weighted by molar-refractivity contribution is 8.02.